The highest BCUT2D eigenvalue weighted by atomic mass is 32.1. The Hall–Kier alpha value is -2.74. The normalized spacial score (nSPS) is 15.7. The van der Waals surface area contributed by atoms with Gasteiger partial charge in [-0.25, -0.2) is 4.79 Å². The number of anilines is 1. The Kier molecular flexibility index (Phi) is 5.27. The molecule has 1 heterocycles. The molecule has 2 aromatic rings. The molecule has 1 atom stereocenters. The summed E-state index contributed by atoms with van der Waals surface area (Å²) in [6, 6.07) is 4.37. The summed E-state index contributed by atoms with van der Waals surface area (Å²) in [5.74, 6) is -0.440. The molecule has 0 bridgehead atoms. The summed E-state index contributed by atoms with van der Waals surface area (Å²) < 4.78 is 4.92. The minimum Gasteiger partial charge on any atom is -0.465 e. The summed E-state index contributed by atoms with van der Waals surface area (Å²) in [7, 11) is 1.31. The molecular weight excluding hydrogens is 368 g/mol. The fourth-order valence-electron chi connectivity index (χ4n) is 3.39. The van der Waals surface area contributed by atoms with Crippen LogP contribution in [0.5, 0.6) is 0 Å². The van der Waals surface area contributed by atoms with Crippen molar-refractivity contribution in [2.75, 3.05) is 12.4 Å². The monoisotopic (exact) mass is 388 g/mol. The summed E-state index contributed by atoms with van der Waals surface area (Å²) in [6.07, 6.45) is 2.60. The van der Waals surface area contributed by atoms with Gasteiger partial charge >= 0.3 is 5.97 Å². The zero-order valence-electron chi connectivity index (χ0n) is 15.3. The van der Waals surface area contributed by atoms with Crippen molar-refractivity contribution in [1.29, 1.82) is 0 Å². The summed E-state index contributed by atoms with van der Waals surface area (Å²) in [5, 5.41) is 14.3. The molecule has 1 aliphatic rings. The molecule has 1 aromatic carbocycles. The fraction of sp³-hybridized carbons (Fsp3) is 0.368. The molecule has 7 nitrogen and oxygen atoms in total. The van der Waals surface area contributed by atoms with Crippen LogP contribution in [0.2, 0.25) is 0 Å². The van der Waals surface area contributed by atoms with Gasteiger partial charge in [0, 0.05) is 22.1 Å². The second kappa shape index (κ2) is 7.48. The van der Waals surface area contributed by atoms with E-state index in [9.17, 15) is 19.7 Å². The smallest absolute Gasteiger partial charge is 0.341 e. The highest BCUT2D eigenvalue weighted by Crippen LogP contribution is 2.40. The quantitative estimate of drug-likeness (QED) is 0.482. The van der Waals surface area contributed by atoms with Crippen LogP contribution in [0.4, 0.5) is 10.7 Å². The lowest BCUT2D eigenvalue weighted by molar-refractivity contribution is -0.385. The van der Waals surface area contributed by atoms with Crippen LogP contribution in [0.3, 0.4) is 0 Å². The number of hydrogen-bond donors (Lipinski definition) is 1. The van der Waals surface area contributed by atoms with Gasteiger partial charge < -0.3 is 10.1 Å². The average Bonchev–Trinajstić information content (AvgIpc) is 2.97. The number of nitro groups is 1. The first-order chi connectivity index (χ1) is 12.8. The maximum Gasteiger partial charge on any atom is 0.341 e. The lowest BCUT2D eigenvalue weighted by Gasteiger charge is -2.18. The molecule has 27 heavy (non-hydrogen) atoms. The van der Waals surface area contributed by atoms with Gasteiger partial charge in [-0.05, 0) is 43.7 Å². The van der Waals surface area contributed by atoms with E-state index in [2.05, 4.69) is 12.2 Å². The predicted octanol–water partition coefficient (Wildman–Crippen LogP) is 4.13. The molecule has 0 saturated carbocycles. The van der Waals surface area contributed by atoms with Crippen molar-refractivity contribution < 1.29 is 19.2 Å². The molecule has 0 saturated heterocycles. The van der Waals surface area contributed by atoms with E-state index in [4.69, 9.17) is 4.74 Å². The Bertz CT molecular complexity index is 934. The molecule has 1 N–H and O–H groups in total. The molecule has 0 unspecified atom stereocenters. The van der Waals surface area contributed by atoms with E-state index in [1.807, 2.05) is 0 Å². The van der Waals surface area contributed by atoms with Gasteiger partial charge in [-0.3, -0.25) is 14.9 Å². The summed E-state index contributed by atoms with van der Waals surface area (Å²) in [6.45, 7) is 3.70. The number of carbonyl (C=O) groups excluding carboxylic acids is 2. The van der Waals surface area contributed by atoms with Crippen LogP contribution >= 0.6 is 11.3 Å². The highest BCUT2D eigenvalue weighted by molar-refractivity contribution is 7.17. The molecular formula is C19H20N2O5S. The largest absolute Gasteiger partial charge is 0.465 e. The third kappa shape index (κ3) is 3.57. The van der Waals surface area contributed by atoms with Crippen LogP contribution in [0, 0.1) is 23.0 Å². The molecule has 0 radical (unpaired) electrons. The highest BCUT2D eigenvalue weighted by Gasteiger charge is 2.29. The van der Waals surface area contributed by atoms with E-state index >= 15 is 0 Å². The first-order valence-corrected chi connectivity index (χ1v) is 9.43. The average molecular weight is 388 g/mol. The molecule has 1 aliphatic carbocycles. The molecule has 0 aliphatic heterocycles. The van der Waals surface area contributed by atoms with Crippen molar-refractivity contribution in [2.24, 2.45) is 5.92 Å². The fourth-order valence-corrected chi connectivity index (χ4v) is 4.79. The van der Waals surface area contributed by atoms with Gasteiger partial charge in [0.2, 0.25) is 0 Å². The molecule has 0 fully saturated rings. The van der Waals surface area contributed by atoms with E-state index < -0.39 is 16.8 Å². The van der Waals surface area contributed by atoms with Crippen LogP contribution in [-0.4, -0.2) is 23.9 Å². The van der Waals surface area contributed by atoms with Crippen molar-refractivity contribution in [2.45, 2.75) is 33.1 Å². The number of nitrogens with one attached hydrogen (secondary N) is 1. The maximum absolute atomic E-state index is 12.8. The maximum atomic E-state index is 12.8. The van der Waals surface area contributed by atoms with Crippen molar-refractivity contribution in [3.05, 3.63) is 55.4 Å². The number of nitrogens with zero attached hydrogens (tertiary/aromatic N) is 1. The molecule has 8 heteroatoms. The number of ether oxygens (including phenoxy) is 1. The zero-order valence-corrected chi connectivity index (χ0v) is 16.1. The summed E-state index contributed by atoms with van der Waals surface area (Å²) in [5.41, 5.74) is 1.72. The van der Waals surface area contributed by atoms with Gasteiger partial charge in [0.15, 0.2) is 0 Å². The number of amides is 1. The van der Waals surface area contributed by atoms with E-state index in [1.165, 1.54) is 43.6 Å². The second-order valence-electron chi connectivity index (χ2n) is 6.71. The van der Waals surface area contributed by atoms with Crippen LogP contribution in [0.1, 0.15) is 50.1 Å². The number of benzene rings is 1. The molecule has 1 amide bonds. The topological polar surface area (TPSA) is 98.5 Å². The summed E-state index contributed by atoms with van der Waals surface area (Å²) >= 11 is 1.38. The third-order valence-corrected chi connectivity index (χ3v) is 6.04. The predicted molar refractivity (Wildman–Crippen MR) is 103 cm³/mol. The van der Waals surface area contributed by atoms with Crippen molar-refractivity contribution in [1.82, 2.24) is 0 Å². The number of carbonyl (C=O) groups is 2. The molecule has 0 spiro atoms. The van der Waals surface area contributed by atoms with Crippen LogP contribution in [0.25, 0.3) is 0 Å². The van der Waals surface area contributed by atoms with Gasteiger partial charge in [-0.2, -0.15) is 0 Å². The van der Waals surface area contributed by atoms with Crippen LogP contribution < -0.4 is 5.32 Å². The standard InChI is InChI=1S/C19H20N2O5S/c1-10-7-8-13-15(9-10)27-18(16(13)19(23)26-3)20-17(22)12-5-4-6-14(11(12)2)21(24)25/h4-6,10H,7-9H2,1-3H3,(H,20,22)/t10-/m1/s1. The number of rotatable bonds is 4. The molecule has 3 rings (SSSR count). The summed E-state index contributed by atoms with van der Waals surface area (Å²) in [4.78, 5) is 36.8. The first kappa shape index (κ1) is 19.0. The van der Waals surface area contributed by atoms with Crippen molar-refractivity contribution >= 4 is 33.9 Å². The number of hydrogen-bond acceptors (Lipinski definition) is 6. The SMILES string of the molecule is COC(=O)c1c(NC(=O)c2cccc([N+](=O)[O-])c2C)sc2c1CC[C@@H](C)C2. The first-order valence-electron chi connectivity index (χ1n) is 8.61. The van der Waals surface area contributed by atoms with Crippen molar-refractivity contribution in [3.63, 3.8) is 0 Å². The van der Waals surface area contributed by atoms with Crippen LogP contribution in [-0.2, 0) is 17.6 Å². The van der Waals surface area contributed by atoms with E-state index in [0.29, 0.717) is 16.5 Å². The van der Waals surface area contributed by atoms with E-state index in [0.717, 1.165) is 29.7 Å². The molecule has 1 aromatic heterocycles. The Morgan fingerprint density at radius 2 is 2.11 bits per heavy atom. The van der Waals surface area contributed by atoms with Gasteiger partial charge in [0.25, 0.3) is 11.6 Å². The van der Waals surface area contributed by atoms with E-state index in [-0.39, 0.29) is 16.8 Å². The second-order valence-corrected chi connectivity index (χ2v) is 7.81. The number of nitro benzene ring substituents is 1. The lowest BCUT2D eigenvalue weighted by Crippen LogP contribution is -2.17. The number of methoxy groups -OCH3 is 1. The van der Waals surface area contributed by atoms with Gasteiger partial charge in [-0.15, -0.1) is 11.3 Å². The Morgan fingerprint density at radius 3 is 2.78 bits per heavy atom. The van der Waals surface area contributed by atoms with Gasteiger partial charge in [-0.1, -0.05) is 13.0 Å². The number of esters is 1. The Balaban J connectivity index is 1.98. The minimum absolute atomic E-state index is 0.116. The van der Waals surface area contributed by atoms with Crippen molar-refractivity contribution in [3.8, 4) is 0 Å². The molecule has 142 valence electrons. The number of thiophene rings is 1. The van der Waals surface area contributed by atoms with Crippen LogP contribution in [0.15, 0.2) is 18.2 Å². The lowest BCUT2D eigenvalue weighted by atomic mass is 9.88. The Morgan fingerprint density at radius 1 is 1.37 bits per heavy atom. The zero-order chi connectivity index (χ0) is 19.7. The van der Waals surface area contributed by atoms with Gasteiger partial charge in [0.1, 0.15) is 5.00 Å². The number of fused-ring (bicyclic) bond motifs is 1. The van der Waals surface area contributed by atoms with E-state index in [1.54, 1.807) is 0 Å². The minimum atomic E-state index is -0.517. The van der Waals surface area contributed by atoms with Gasteiger partial charge in [0.05, 0.1) is 17.6 Å². The Labute approximate surface area is 160 Å². The third-order valence-electron chi connectivity index (χ3n) is 4.87.